The second-order valence-electron chi connectivity index (χ2n) is 4.30. The standard InChI is InChI=1S/C10H22N2/c1-7-8(2)11(5)10(4)12(6)9(7)3/h7-10H,1-6H3. The lowest BCUT2D eigenvalue weighted by molar-refractivity contribution is -0.0498. The Labute approximate surface area is 76.5 Å². The molecule has 1 fully saturated rings. The lowest BCUT2D eigenvalue weighted by Crippen LogP contribution is -2.60. The smallest absolute Gasteiger partial charge is 0.0593 e. The molecule has 1 rings (SSSR count). The number of rotatable bonds is 0. The van der Waals surface area contributed by atoms with Crippen molar-refractivity contribution in [3.63, 3.8) is 0 Å². The van der Waals surface area contributed by atoms with E-state index < -0.39 is 0 Å². The van der Waals surface area contributed by atoms with Gasteiger partial charge in [-0.05, 0) is 40.8 Å². The molecule has 12 heavy (non-hydrogen) atoms. The summed E-state index contributed by atoms with van der Waals surface area (Å²) in [5, 5.41) is 0. The molecule has 1 aliphatic rings. The molecule has 1 heterocycles. The van der Waals surface area contributed by atoms with Crippen LogP contribution in [0.3, 0.4) is 0 Å². The fraction of sp³-hybridized carbons (Fsp3) is 1.00. The monoisotopic (exact) mass is 170 g/mol. The van der Waals surface area contributed by atoms with Gasteiger partial charge in [0.2, 0.25) is 0 Å². The highest BCUT2D eigenvalue weighted by Crippen LogP contribution is 2.26. The second-order valence-corrected chi connectivity index (χ2v) is 4.30. The van der Waals surface area contributed by atoms with Crippen molar-refractivity contribution in [3.05, 3.63) is 0 Å². The van der Waals surface area contributed by atoms with Gasteiger partial charge in [0.1, 0.15) is 0 Å². The molecule has 0 saturated carbocycles. The van der Waals surface area contributed by atoms with Gasteiger partial charge in [-0.25, -0.2) is 0 Å². The van der Waals surface area contributed by atoms with Crippen LogP contribution in [0.4, 0.5) is 0 Å². The van der Waals surface area contributed by atoms with Crippen LogP contribution >= 0.6 is 0 Å². The van der Waals surface area contributed by atoms with E-state index in [4.69, 9.17) is 0 Å². The Balaban J connectivity index is 2.76. The molecule has 72 valence electrons. The van der Waals surface area contributed by atoms with Crippen molar-refractivity contribution >= 4 is 0 Å². The van der Waals surface area contributed by atoms with Crippen molar-refractivity contribution in [2.24, 2.45) is 5.92 Å². The van der Waals surface area contributed by atoms with E-state index in [1.165, 1.54) is 0 Å². The molecule has 0 aromatic rings. The molecule has 1 aliphatic heterocycles. The molecule has 0 aromatic carbocycles. The maximum Gasteiger partial charge on any atom is 0.0593 e. The third-order valence-corrected chi connectivity index (χ3v) is 3.99. The number of nitrogens with zero attached hydrogens (tertiary/aromatic N) is 2. The first kappa shape index (κ1) is 10.0. The second kappa shape index (κ2) is 3.35. The first-order valence-corrected chi connectivity index (χ1v) is 4.90. The van der Waals surface area contributed by atoms with Gasteiger partial charge < -0.3 is 0 Å². The average molecular weight is 170 g/mol. The van der Waals surface area contributed by atoms with Crippen molar-refractivity contribution in [1.29, 1.82) is 0 Å². The lowest BCUT2D eigenvalue weighted by Gasteiger charge is -2.50. The Morgan fingerprint density at radius 1 is 0.750 bits per heavy atom. The van der Waals surface area contributed by atoms with Gasteiger partial charge in [-0.2, -0.15) is 0 Å². The Bertz CT molecular complexity index is 99.4. The van der Waals surface area contributed by atoms with Crippen molar-refractivity contribution in [2.45, 2.75) is 45.9 Å². The summed E-state index contributed by atoms with van der Waals surface area (Å²) in [7, 11) is 4.43. The SMILES string of the molecule is CC1C(C)N(C)C(C)N(C)C1C. The van der Waals surface area contributed by atoms with E-state index in [1.807, 2.05) is 0 Å². The van der Waals surface area contributed by atoms with Crippen LogP contribution in [-0.4, -0.2) is 42.1 Å². The predicted molar refractivity (Wildman–Crippen MR) is 53.1 cm³/mol. The highest BCUT2D eigenvalue weighted by Gasteiger charge is 2.35. The van der Waals surface area contributed by atoms with Gasteiger partial charge in [-0.1, -0.05) is 6.92 Å². The van der Waals surface area contributed by atoms with Gasteiger partial charge in [0.25, 0.3) is 0 Å². The van der Waals surface area contributed by atoms with Crippen LogP contribution in [-0.2, 0) is 0 Å². The summed E-state index contributed by atoms with van der Waals surface area (Å²) in [4.78, 5) is 4.90. The van der Waals surface area contributed by atoms with Crippen LogP contribution < -0.4 is 0 Å². The maximum atomic E-state index is 2.45. The molecule has 0 amide bonds. The van der Waals surface area contributed by atoms with Crippen LogP contribution in [0.25, 0.3) is 0 Å². The first-order chi connectivity index (χ1) is 5.46. The summed E-state index contributed by atoms with van der Waals surface area (Å²) in [5.41, 5.74) is 0. The Morgan fingerprint density at radius 2 is 1.08 bits per heavy atom. The van der Waals surface area contributed by atoms with E-state index in [1.54, 1.807) is 0 Å². The minimum absolute atomic E-state index is 0.575. The number of hydrogen-bond donors (Lipinski definition) is 0. The third-order valence-electron chi connectivity index (χ3n) is 3.99. The lowest BCUT2D eigenvalue weighted by atomic mass is 9.90. The summed E-state index contributed by atoms with van der Waals surface area (Å²) in [6.45, 7) is 9.27. The first-order valence-electron chi connectivity index (χ1n) is 4.90. The fourth-order valence-corrected chi connectivity index (χ4v) is 2.11. The van der Waals surface area contributed by atoms with E-state index in [2.05, 4.69) is 51.6 Å². The fourth-order valence-electron chi connectivity index (χ4n) is 2.11. The Kier molecular flexibility index (Phi) is 2.79. The zero-order chi connectivity index (χ0) is 9.46. The van der Waals surface area contributed by atoms with Crippen molar-refractivity contribution < 1.29 is 0 Å². The molecule has 1 saturated heterocycles. The summed E-state index contributed by atoms with van der Waals surface area (Å²) in [5.74, 6) is 0.760. The minimum Gasteiger partial charge on any atom is -0.288 e. The number of hydrogen-bond acceptors (Lipinski definition) is 2. The van der Waals surface area contributed by atoms with Crippen molar-refractivity contribution in [3.8, 4) is 0 Å². The molecule has 0 radical (unpaired) electrons. The summed E-state index contributed by atoms with van der Waals surface area (Å²) < 4.78 is 0. The highest BCUT2D eigenvalue weighted by molar-refractivity contribution is 4.87. The molecule has 2 unspecified atom stereocenters. The summed E-state index contributed by atoms with van der Waals surface area (Å²) >= 11 is 0. The maximum absolute atomic E-state index is 2.45. The van der Waals surface area contributed by atoms with Crippen LogP contribution in [0.15, 0.2) is 0 Å². The summed E-state index contributed by atoms with van der Waals surface area (Å²) in [6, 6.07) is 1.40. The van der Waals surface area contributed by atoms with Crippen LogP contribution in [0.1, 0.15) is 27.7 Å². The molecule has 0 aromatic heterocycles. The van der Waals surface area contributed by atoms with Gasteiger partial charge in [-0.15, -0.1) is 0 Å². The van der Waals surface area contributed by atoms with Gasteiger partial charge in [0, 0.05) is 12.1 Å². The molecule has 2 nitrogen and oxygen atoms in total. The van der Waals surface area contributed by atoms with Crippen LogP contribution in [0.5, 0.6) is 0 Å². The molecule has 0 spiro atoms. The van der Waals surface area contributed by atoms with Crippen LogP contribution in [0, 0.1) is 5.92 Å². The Hall–Kier alpha value is -0.0800. The topological polar surface area (TPSA) is 6.48 Å². The van der Waals surface area contributed by atoms with Gasteiger partial charge in [0.15, 0.2) is 0 Å². The zero-order valence-electron chi connectivity index (χ0n) is 9.20. The van der Waals surface area contributed by atoms with Crippen molar-refractivity contribution in [2.75, 3.05) is 14.1 Å². The van der Waals surface area contributed by atoms with Gasteiger partial charge in [-0.3, -0.25) is 9.80 Å². The zero-order valence-corrected chi connectivity index (χ0v) is 9.20. The van der Waals surface area contributed by atoms with Crippen molar-refractivity contribution in [1.82, 2.24) is 9.80 Å². The van der Waals surface area contributed by atoms with Gasteiger partial charge >= 0.3 is 0 Å². The van der Waals surface area contributed by atoms with E-state index >= 15 is 0 Å². The molecule has 0 aliphatic carbocycles. The quantitative estimate of drug-likeness (QED) is 0.545. The normalized spacial score (nSPS) is 46.5. The molecule has 2 atom stereocenters. The predicted octanol–water partition coefficient (Wildman–Crippen LogP) is 1.62. The van der Waals surface area contributed by atoms with Crippen LogP contribution in [0.2, 0.25) is 0 Å². The van der Waals surface area contributed by atoms with Gasteiger partial charge in [0.05, 0.1) is 6.17 Å². The Morgan fingerprint density at radius 3 is 1.42 bits per heavy atom. The van der Waals surface area contributed by atoms with E-state index in [0.717, 1.165) is 5.92 Å². The average Bonchev–Trinajstić information content (AvgIpc) is 2.08. The van der Waals surface area contributed by atoms with E-state index in [0.29, 0.717) is 18.2 Å². The third kappa shape index (κ3) is 1.38. The molecule has 0 bridgehead atoms. The highest BCUT2D eigenvalue weighted by atomic mass is 15.4. The summed E-state index contributed by atoms with van der Waals surface area (Å²) in [6.07, 6.45) is 0.575. The van der Waals surface area contributed by atoms with E-state index in [9.17, 15) is 0 Å². The largest absolute Gasteiger partial charge is 0.288 e. The molecule has 0 N–H and O–H groups in total. The molecular formula is C10H22N2. The van der Waals surface area contributed by atoms with E-state index in [-0.39, 0.29) is 0 Å². The molecular weight excluding hydrogens is 148 g/mol. The minimum atomic E-state index is 0.575. The molecule has 2 heteroatoms.